The van der Waals surface area contributed by atoms with E-state index in [-0.39, 0.29) is 6.61 Å². The Kier molecular flexibility index (Phi) is 4.46. The fraction of sp³-hybridized carbons (Fsp3) is 0.455. The average Bonchev–Trinajstić information content (AvgIpc) is 2.14. The van der Waals surface area contributed by atoms with Crippen LogP contribution in [0.4, 0.5) is 0 Å². The van der Waals surface area contributed by atoms with E-state index < -0.39 is 0 Å². The molecule has 0 fully saturated rings. The molecule has 1 rings (SSSR count). The quantitative estimate of drug-likeness (QED) is 0.861. The molecule has 0 heterocycles. The summed E-state index contributed by atoms with van der Waals surface area (Å²) in [5.41, 5.74) is 1.33. The van der Waals surface area contributed by atoms with Crippen molar-refractivity contribution < 1.29 is 5.11 Å². The Morgan fingerprint density at radius 2 is 2.23 bits per heavy atom. The van der Waals surface area contributed by atoms with Gasteiger partial charge in [-0.25, -0.2) is 0 Å². The zero-order valence-corrected chi connectivity index (χ0v) is 9.42. The van der Waals surface area contributed by atoms with E-state index in [1.807, 2.05) is 12.1 Å². The molecule has 0 aliphatic heterocycles. The molecule has 1 aromatic carbocycles. The Labute approximate surface area is 87.9 Å². The van der Waals surface area contributed by atoms with Crippen LogP contribution in [0.3, 0.4) is 0 Å². The van der Waals surface area contributed by atoms with Gasteiger partial charge < -0.3 is 5.11 Å². The van der Waals surface area contributed by atoms with Crippen LogP contribution >= 0.6 is 15.9 Å². The molecule has 1 unspecified atom stereocenters. The molecule has 1 aromatic rings. The van der Waals surface area contributed by atoms with Gasteiger partial charge in [-0.05, 0) is 36.5 Å². The molecule has 2 heteroatoms. The van der Waals surface area contributed by atoms with Crippen LogP contribution in [0.15, 0.2) is 28.7 Å². The van der Waals surface area contributed by atoms with Gasteiger partial charge >= 0.3 is 0 Å². The fourth-order valence-electron chi connectivity index (χ4n) is 1.20. The summed E-state index contributed by atoms with van der Waals surface area (Å²) in [5.74, 6) is 0.402. The van der Waals surface area contributed by atoms with Crippen LogP contribution in [0.5, 0.6) is 0 Å². The second-order valence-corrected chi connectivity index (χ2v) is 4.37. The predicted molar refractivity (Wildman–Crippen MR) is 58.7 cm³/mol. The van der Waals surface area contributed by atoms with Crippen molar-refractivity contribution in [2.75, 3.05) is 6.61 Å². The molecule has 0 aromatic heterocycles. The maximum absolute atomic E-state index is 8.86. The first-order valence-corrected chi connectivity index (χ1v) is 5.37. The molecular formula is C11H15BrO. The van der Waals surface area contributed by atoms with Gasteiger partial charge in [0.1, 0.15) is 0 Å². The smallest absolute Gasteiger partial charge is 0.0456 e. The second-order valence-electron chi connectivity index (χ2n) is 3.46. The largest absolute Gasteiger partial charge is 0.396 e. The van der Waals surface area contributed by atoms with E-state index in [1.165, 1.54) is 5.56 Å². The molecule has 72 valence electrons. The number of aryl methyl sites for hydroxylation is 1. The van der Waals surface area contributed by atoms with Crippen LogP contribution in [0.25, 0.3) is 0 Å². The zero-order chi connectivity index (χ0) is 9.68. The van der Waals surface area contributed by atoms with Gasteiger partial charge in [0.2, 0.25) is 0 Å². The topological polar surface area (TPSA) is 20.2 Å². The zero-order valence-electron chi connectivity index (χ0n) is 7.83. The van der Waals surface area contributed by atoms with Crippen molar-refractivity contribution in [1.82, 2.24) is 0 Å². The second kappa shape index (κ2) is 5.40. The average molecular weight is 243 g/mol. The number of aliphatic hydroxyl groups is 1. The molecule has 0 bridgehead atoms. The molecule has 0 saturated carbocycles. The summed E-state index contributed by atoms with van der Waals surface area (Å²) >= 11 is 3.44. The summed E-state index contributed by atoms with van der Waals surface area (Å²) in [5, 5.41) is 8.86. The number of halogens is 1. The van der Waals surface area contributed by atoms with E-state index in [0.29, 0.717) is 5.92 Å². The van der Waals surface area contributed by atoms with Crippen LogP contribution in [0, 0.1) is 5.92 Å². The highest BCUT2D eigenvalue weighted by Gasteiger charge is 2.00. The first-order chi connectivity index (χ1) is 6.22. The van der Waals surface area contributed by atoms with Gasteiger partial charge in [-0.15, -0.1) is 0 Å². The minimum Gasteiger partial charge on any atom is -0.396 e. The minimum atomic E-state index is 0.286. The monoisotopic (exact) mass is 242 g/mol. The van der Waals surface area contributed by atoms with Crippen LogP contribution < -0.4 is 0 Å². The third kappa shape index (κ3) is 3.92. The highest BCUT2D eigenvalue weighted by molar-refractivity contribution is 9.10. The number of rotatable bonds is 4. The van der Waals surface area contributed by atoms with Gasteiger partial charge in [0.15, 0.2) is 0 Å². The van der Waals surface area contributed by atoms with Gasteiger partial charge in [-0.3, -0.25) is 0 Å². The Bertz CT molecular complexity index is 260. The molecule has 0 amide bonds. The molecule has 13 heavy (non-hydrogen) atoms. The highest BCUT2D eigenvalue weighted by Crippen LogP contribution is 2.14. The Morgan fingerprint density at radius 1 is 1.46 bits per heavy atom. The van der Waals surface area contributed by atoms with Gasteiger partial charge in [-0.2, -0.15) is 0 Å². The van der Waals surface area contributed by atoms with E-state index in [2.05, 4.69) is 35.0 Å². The van der Waals surface area contributed by atoms with Crippen LogP contribution in [-0.4, -0.2) is 11.7 Å². The van der Waals surface area contributed by atoms with E-state index in [9.17, 15) is 0 Å². The minimum absolute atomic E-state index is 0.286. The third-order valence-corrected chi connectivity index (χ3v) is 2.62. The van der Waals surface area contributed by atoms with Gasteiger partial charge in [-0.1, -0.05) is 35.0 Å². The highest BCUT2D eigenvalue weighted by atomic mass is 79.9. The normalized spacial score (nSPS) is 12.8. The fourth-order valence-corrected chi connectivity index (χ4v) is 1.64. The molecule has 0 radical (unpaired) electrons. The molecule has 0 saturated heterocycles. The lowest BCUT2D eigenvalue weighted by Crippen LogP contribution is -2.01. The maximum Gasteiger partial charge on any atom is 0.0456 e. The first kappa shape index (κ1) is 10.7. The Balaban J connectivity index is 2.45. The third-order valence-electron chi connectivity index (χ3n) is 2.13. The van der Waals surface area contributed by atoms with E-state index >= 15 is 0 Å². The number of aliphatic hydroxyl groups excluding tert-OH is 1. The van der Waals surface area contributed by atoms with Crippen molar-refractivity contribution in [3.63, 3.8) is 0 Å². The molecule has 0 aliphatic carbocycles. The molecule has 0 aliphatic rings. The summed E-state index contributed by atoms with van der Waals surface area (Å²) in [4.78, 5) is 0. The summed E-state index contributed by atoms with van der Waals surface area (Å²) in [6.45, 7) is 2.35. The number of hydrogen-bond donors (Lipinski definition) is 1. The Morgan fingerprint density at radius 3 is 2.85 bits per heavy atom. The molecule has 0 spiro atoms. The van der Waals surface area contributed by atoms with E-state index in [4.69, 9.17) is 5.11 Å². The van der Waals surface area contributed by atoms with Crippen LogP contribution in [0.2, 0.25) is 0 Å². The van der Waals surface area contributed by atoms with E-state index in [1.54, 1.807) is 0 Å². The van der Waals surface area contributed by atoms with Crippen molar-refractivity contribution >= 4 is 15.9 Å². The van der Waals surface area contributed by atoms with Crippen molar-refractivity contribution in [3.05, 3.63) is 34.3 Å². The molecule has 1 nitrogen and oxygen atoms in total. The summed E-state index contributed by atoms with van der Waals surface area (Å²) in [7, 11) is 0. The summed E-state index contributed by atoms with van der Waals surface area (Å²) in [6, 6.07) is 8.32. The Hall–Kier alpha value is -0.340. The van der Waals surface area contributed by atoms with Gasteiger partial charge in [0, 0.05) is 11.1 Å². The molecule has 1 N–H and O–H groups in total. The van der Waals surface area contributed by atoms with Crippen LogP contribution in [-0.2, 0) is 6.42 Å². The predicted octanol–water partition coefficient (Wildman–Crippen LogP) is 3.01. The lowest BCUT2D eigenvalue weighted by atomic mass is 10.0. The van der Waals surface area contributed by atoms with Crippen molar-refractivity contribution in [2.45, 2.75) is 19.8 Å². The van der Waals surface area contributed by atoms with E-state index in [0.717, 1.165) is 17.3 Å². The number of benzene rings is 1. The van der Waals surface area contributed by atoms with Crippen molar-refractivity contribution in [2.24, 2.45) is 5.92 Å². The first-order valence-electron chi connectivity index (χ1n) is 4.57. The number of hydrogen-bond acceptors (Lipinski definition) is 1. The SMILES string of the molecule is CC(CO)CCc1cccc(Br)c1. The molecular weight excluding hydrogens is 228 g/mol. The van der Waals surface area contributed by atoms with Crippen molar-refractivity contribution in [1.29, 1.82) is 0 Å². The lowest BCUT2D eigenvalue weighted by Gasteiger charge is -2.07. The summed E-state index contributed by atoms with van der Waals surface area (Å²) in [6.07, 6.45) is 2.09. The van der Waals surface area contributed by atoms with Crippen LogP contribution in [0.1, 0.15) is 18.9 Å². The van der Waals surface area contributed by atoms with Gasteiger partial charge in [0.05, 0.1) is 0 Å². The van der Waals surface area contributed by atoms with Gasteiger partial charge in [0.25, 0.3) is 0 Å². The maximum atomic E-state index is 8.86. The van der Waals surface area contributed by atoms with Crippen molar-refractivity contribution in [3.8, 4) is 0 Å². The standard InChI is InChI=1S/C11H15BrO/c1-9(8-13)5-6-10-3-2-4-11(12)7-10/h2-4,7,9,13H,5-6,8H2,1H3. The molecule has 1 atom stereocenters. The summed E-state index contributed by atoms with van der Waals surface area (Å²) < 4.78 is 1.13. The lowest BCUT2D eigenvalue weighted by molar-refractivity contribution is 0.230.